The van der Waals surface area contributed by atoms with Gasteiger partial charge in [0.2, 0.25) is 0 Å². The highest BCUT2D eigenvalue weighted by Crippen LogP contribution is 2.33. The Hall–Kier alpha value is -2.07. The quantitative estimate of drug-likeness (QED) is 0.845. The Balaban J connectivity index is 2.25. The molecule has 0 aliphatic carbocycles. The van der Waals surface area contributed by atoms with E-state index >= 15 is 0 Å². The maximum absolute atomic E-state index is 6.00. The Labute approximate surface area is 126 Å². The van der Waals surface area contributed by atoms with Crippen molar-refractivity contribution in [1.29, 1.82) is 0 Å². The average Bonchev–Trinajstić information content (AvgIpc) is 2.54. The largest absolute Gasteiger partial charge is 0.493 e. The molecule has 0 aliphatic rings. The van der Waals surface area contributed by atoms with Crippen molar-refractivity contribution in [3.8, 4) is 17.2 Å². The molecule has 2 rings (SSSR count). The van der Waals surface area contributed by atoms with E-state index in [9.17, 15) is 0 Å². The molecule has 4 nitrogen and oxygen atoms in total. The molecule has 21 heavy (non-hydrogen) atoms. The molecule has 0 amide bonds. The Morgan fingerprint density at radius 2 is 1.95 bits per heavy atom. The molecule has 0 atom stereocenters. The van der Waals surface area contributed by atoms with Gasteiger partial charge in [0.05, 0.1) is 13.3 Å². The van der Waals surface area contributed by atoms with E-state index < -0.39 is 0 Å². The molecule has 2 aromatic rings. The van der Waals surface area contributed by atoms with Gasteiger partial charge in [0.1, 0.15) is 5.75 Å². The predicted molar refractivity (Wildman–Crippen MR) is 84.1 cm³/mol. The van der Waals surface area contributed by atoms with E-state index in [0.29, 0.717) is 5.75 Å². The molecule has 4 heteroatoms. The molecule has 0 radical (unpaired) electrons. The lowest BCUT2D eigenvalue weighted by molar-refractivity contribution is 0.376. The topological polar surface area (TPSA) is 43.4 Å². The molecule has 1 heterocycles. The normalized spacial score (nSPS) is 10.4. The number of nitrogens with one attached hydrogen (secondary N) is 1. The summed E-state index contributed by atoms with van der Waals surface area (Å²) in [7, 11) is 1.66. The first-order chi connectivity index (χ1) is 10.3. The summed E-state index contributed by atoms with van der Waals surface area (Å²) in [5, 5.41) is 3.30. The van der Waals surface area contributed by atoms with E-state index in [1.807, 2.05) is 18.2 Å². The van der Waals surface area contributed by atoms with Crippen molar-refractivity contribution in [2.75, 3.05) is 13.7 Å². The van der Waals surface area contributed by atoms with Crippen molar-refractivity contribution in [3.05, 3.63) is 47.8 Å². The summed E-state index contributed by atoms with van der Waals surface area (Å²) < 4.78 is 11.4. The highest BCUT2D eigenvalue weighted by atomic mass is 16.5. The second-order valence-corrected chi connectivity index (χ2v) is 4.70. The number of benzene rings is 1. The van der Waals surface area contributed by atoms with E-state index in [0.717, 1.165) is 36.6 Å². The third-order valence-electron chi connectivity index (χ3n) is 3.29. The minimum absolute atomic E-state index is 0.709. The number of rotatable bonds is 7. The molecule has 1 aromatic carbocycles. The molecule has 112 valence electrons. The van der Waals surface area contributed by atoms with Crippen molar-refractivity contribution in [1.82, 2.24) is 10.3 Å². The van der Waals surface area contributed by atoms with Gasteiger partial charge in [-0.05, 0) is 36.7 Å². The molecule has 1 N–H and O–H groups in total. The molecule has 0 fully saturated rings. The Bertz CT molecular complexity index is 585. The number of aryl methyl sites for hydroxylation is 1. The SMILES string of the molecule is CCNCc1ccncc1Oc1ccc(CC)cc1OC. The minimum Gasteiger partial charge on any atom is -0.493 e. The van der Waals surface area contributed by atoms with Gasteiger partial charge < -0.3 is 14.8 Å². The fourth-order valence-electron chi connectivity index (χ4n) is 2.04. The van der Waals surface area contributed by atoms with E-state index in [2.05, 4.69) is 30.2 Å². The third-order valence-corrected chi connectivity index (χ3v) is 3.29. The van der Waals surface area contributed by atoms with Crippen molar-refractivity contribution in [2.45, 2.75) is 26.8 Å². The molecule has 0 aliphatic heterocycles. The second kappa shape index (κ2) is 7.64. The molecule has 0 saturated carbocycles. The Morgan fingerprint density at radius 1 is 1.10 bits per heavy atom. The van der Waals surface area contributed by atoms with Crippen LogP contribution in [0.25, 0.3) is 0 Å². The summed E-state index contributed by atoms with van der Waals surface area (Å²) in [4.78, 5) is 4.15. The molecule has 0 bridgehead atoms. The first kappa shape index (κ1) is 15.3. The maximum Gasteiger partial charge on any atom is 0.169 e. The van der Waals surface area contributed by atoms with Crippen LogP contribution in [-0.2, 0) is 13.0 Å². The van der Waals surface area contributed by atoms with Crippen molar-refractivity contribution >= 4 is 0 Å². The minimum atomic E-state index is 0.709. The van der Waals surface area contributed by atoms with Crippen LogP contribution in [0.15, 0.2) is 36.7 Å². The monoisotopic (exact) mass is 286 g/mol. The molecule has 1 aromatic heterocycles. The van der Waals surface area contributed by atoms with Gasteiger partial charge >= 0.3 is 0 Å². The van der Waals surface area contributed by atoms with Gasteiger partial charge in [-0.15, -0.1) is 0 Å². The maximum atomic E-state index is 6.00. The predicted octanol–water partition coefficient (Wildman–Crippen LogP) is 3.55. The summed E-state index contributed by atoms with van der Waals surface area (Å²) in [5.41, 5.74) is 2.30. The van der Waals surface area contributed by atoms with Crippen molar-refractivity contribution in [2.24, 2.45) is 0 Å². The van der Waals surface area contributed by atoms with Gasteiger partial charge in [-0.3, -0.25) is 4.98 Å². The Morgan fingerprint density at radius 3 is 2.67 bits per heavy atom. The summed E-state index contributed by atoms with van der Waals surface area (Å²) >= 11 is 0. The fourth-order valence-corrected chi connectivity index (χ4v) is 2.04. The van der Waals surface area contributed by atoms with Crippen LogP contribution in [0, 0.1) is 0 Å². The van der Waals surface area contributed by atoms with Crippen LogP contribution in [0.3, 0.4) is 0 Å². The van der Waals surface area contributed by atoms with Crippen LogP contribution in [0.5, 0.6) is 17.2 Å². The van der Waals surface area contributed by atoms with Crippen LogP contribution >= 0.6 is 0 Å². The number of nitrogens with zero attached hydrogens (tertiary/aromatic N) is 1. The molecule has 0 saturated heterocycles. The molecule has 0 spiro atoms. The third kappa shape index (κ3) is 3.95. The van der Waals surface area contributed by atoms with Gasteiger partial charge in [0.25, 0.3) is 0 Å². The van der Waals surface area contributed by atoms with Crippen LogP contribution in [0.1, 0.15) is 25.0 Å². The number of aromatic nitrogens is 1. The van der Waals surface area contributed by atoms with Gasteiger partial charge in [-0.25, -0.2) is 0 Å². The van der Waals surface area contributed by atoms with E-state index in [-0.39, 0.29) is 0 Å². The van der Waals surface area contributed by atoms with Gasteiger partial charge in [-0.1, -0.05) is 19.9 Å². The fraction of sp³-hybridized carbons (Fsp3) is 0.353. The highest BCUT2D eigenvalue weighted by molar-refractivity contribution is 5.46. The zero-order valence-electron chi connectivity index (χ0n) is 12.8. The van der Waals surface area contributed by atoms with Crippen LogP contribution < -0.4 is 14.8 Å². The number of hydrogen-bond donors (Lipinski definition) is 1. The van der Waals surface area contributed by atoms with Crippen molar-refractivity contribution < 1.29 is 9.47 Å². The number of ether oxygens (including phenoxy) is 2. The Kier molecular flexibility index (Phi) is 5.58. The molecular weight excluding hydrogens is 264 g/mol. The van der Waals surface area contributed by atoms with Crippen LogP contribution in [-0.4, -0.2) is 18.6 Å². The zero-order valence-corrected chi connectivity index (χ0v) is 12.8. The number of methoxy groups -OCH3 is 1. The van der Waals surface area contributed by atoms with Crippen LogP contribution in [0.4, 0.5) is 0 Å². The second-order valence-electron chi connectivity index (χ2n) is 4.70. The van der Waals surface area contributed by atoms with E-state index in [4.69, 9.17) is 9.47 Å². The molecular formula is C17H22N2O2. The van der Waals surface area contributed by atoms with Crippen LogP contribution in [0.2, 0.25) is 0 Å². The van der Waals surface area contributed by atoms with Gasteiger partial charge in [-0.2, -0.15) is 0 Å². The standard InChI is InChI=1S/C17H22N2O2/c1-4-13-6-7-15(16(10-13)20-3)21-17-12-19-9-8-14(17)11-18-5-2/h6-10,12,18H,4-5,11H2,1-3H3. The lowest BCUT2D eigenvalue weighted by atomic mass is 10.1. The van der Waals surface area contributed by atoms with Crippen molar-refractivity contribution in [3.63, 3.8) is 0 Å². The van der Waals surface area contributed by atoms with Gasteiger partial charge in [0, 0.05) is 18.3 Å². The van der Waals surface area contributed by atoms with Gasteiger partial charge in [0.15, 0.2) is 11.5 Å². The smallest absolute Gasteiger partial charge is 0.169 e. The summed E-state index contributed by atoms with van der Waals surface area (Å²) in [6.45, 7) is 5.86. The summed E-state index contributed by atoms with van der Waals surface area (Å²) in [5.74, 6) is 2.20. The first-order valence-electron chi connectivity index (χ1n) is 7.26. The average molecular weight is 286 g/mol. The number of hydrogen-bond acceptors (Lipinski definition) is 4. The number of pyridine rings is 1. The highest BCUT2D eigenvalue weighted by Gasteiger charge is 2.09. The first-order valence-corrected chi connectivity index (χ1v) is 7.26. The zero-order chi connectivity index (χ0) is 15.1. The lowest BCUT2D eigenvalue weighted by Crippen LogP contribution is -2.12. The van der Waals surface area contributed by atoms with E-state index in [1.165, 1.54) is 5.56 Å². The van der Waals surface area contributed by atoms with E-state index in [1.54, 1.807) is 19.5 Å². The summed E-state index contributed by atoms with van der Waals surface area (Å²) in [6, 6.07) is 7.97. The molecule has 0 unspecified atom stereocenters. The lowest BCUT2D eigenvalue weighted by Gasteiger charge is -2.14. The summed E-state index contributed by atoms with van der Waals surface area (Å²) in [6.07, 6.45) is 4.48.